The SMILES string of the molecule is Cc1cc(-c2ccn3nc(Nc4cc(C)nc(C)n4)cc3c2)c(OC[C@](C)(O)C(F)(F)F)cn1. The van der Waals surface area contributed by atoms with Gasteiger partial charge in [-0.05, 0) is 51.5 Å². The Morgan fingerprint density at radius 1 is 1.03 bits per heavy atom. The van der Waals surface area contributed by atoms with E-state index in [1.165, 1.54) is 6.20 Å². The molecule has 0 spiro atoms. The molecule has 0 fully saturated rings. The Morgan fingerprint density at radius 3 is 2.50 bits per heavy atom. The zero-order valence-electron chi connectivity index (χ0n) is 19.0. The van der Waals surface area contributed by atoms with Gasteiger partial charge in [-0.2, -0.15) is 18.3 Å². The number of aliphatic hydroxyl groups is 1. The largest absolute Gasteiger partial charge is 0.488 e. The molecule has 0 unspecified atom stereocenters. The van der Waals surface area contributed by atoms with Gasteiger partial charge in [0.1, 0.15) is 24.0 Å². The van der Waals surface area contributed by atoms with Crippen molar-refractivity contribution in [2.24, 2.45) is 0 Å². The lowest BCUT2D eigenvalue weighted by atomic mass is 10.1. The van der Waals surface area contributed by atoms with Crippen molar-refractivity contribution in [2.45, 2.75) is 39.5 Å². The second-order valence-corrected chi connectivity index (χ2v) is 8.26. The van der Waals surface area contributed by atoms with E-state index in [-0.39, 0.29) is 5.75 Å². The third-order valence-corrected chi connectivity index (χ3v) is 5.12. The number of rotatable bonds is 6. The monoisotopic (exact) mass is 472 g/mol. The summed E-state index contributed by atoms with van der Waals surface area (Å²) < 4.78 is 46.1. The van der Waals surface area contributed by atoms with Gasteiger partial charge in [-0.25, -0.2) is 14.5 Å². The summed E-state index contributed by atoms with van der Waals surface area (Å²) in [5.41, 5.74) is 0.472. The number of nitrogens with zero attached hydrogens (tertiary/aromatic N) is 5. The van der Waals surface area contributed by atoms with E-state index in [2.05, 4.69) is 25.4 Å². The van der Waals surface area contributed by atoms with Gasteiger partial charge in [0.05, 0.1) is 11.7 Å². The standard InChI is InChI=1S/C23H23F3N6O2/c1-13-7-18(19(11-27-13)34-12-22(4,33)23(24,25)26)16-5-6-32-17(9-16)10-21(31-32)30-20-8-14(2)28-15(3)29-20/h5-11,33H,12H2,1-4H3,(H,28,29,30,31)/t22-/m0/s1. The van der Waals surface area contributed by atoms with Crippen LogP contribution in [0.4, 0.5) is 24.8 Å². The minimum absolute atomic E-state index is 0.129. The summed E-state index contributed by atoms with van der Waals surface area (Å²) in [7, 11) is 0. The van der Waals surface area contributed by atoms with Crippen molar-refractivity contribution >= 4 is 17.2 Å². The van der Waals surface area contributed by atoms with E-state index >= 15 is 0 Å². The Bertz CT molecular complexity index is 1330. The number of fused-ring (bicyclic) bond motifs is 1. The molecule has 0 radical (unpaired) electrons. The molecule has 0 aromatic carbocycles. The van der Waals surface area contributed by atoms with Crippen LogP contribution >= 0.6 is 0 Å². The molecule has 34 heavy (non-hydrogen) atoms. The topological polar surface area (TPSA) is 97.5 Å². The maximum absolute atomic E-state index is 13.0. The fraction of sp³-hybridized carbons (Fsp3) is 0.304. The molecule has 11 heteroatoms. The third-order valence-electron chi connectivity index (χ3n) is 5.12. The third kappa shape index (κ3) is 4.93. The average Bonchev–Trinajstić information content (AvgIpc) is 3.12. The Balaban J connectivity index is 1.64. The van der Waals surface area contributed by atoms with Crippen LogP contribution in [0.15, 0.2) is 42.7 Å². The Morgan fingerprint density at radius 2 is 1.79 bits per heavy atom. The molecule has 0 bridgehead atoms. The molecule has 178 valence electrons. The van der Waals surface area contributed by atoms with Crippen LogP contribution < -0.4 is 10.1 Å². The molecule has 0 saturated carbocycles. The van der Waals surface area contributed by atoms with Crippen LogP contribution in [0.2, 0.25) is 0 Å². The summed E-state index contributed by atoms with van der Waals surface area (Å²) in [5.74, 6) is 1.95. The number of halogens is 3. The van der Waals surface area contributed by atoms with Crippen molar-refractivity contribution in [1.82, 2.24) is 24.6 Å². The lowest BCUT2D eigenvalue weighted by molar-refractivity contribution is -0.260. The molecular formula is C23H23F3N6O2. The summed E-state index contributed by atoms with van der Waals surface area (Å²) >= 11 is 0. The summed E-state index contributed by atoms with van der Waals surface area (Å²) in [6.07, 6.45) is -1.74. The summed E-state index contributed by atoms with van der Waals surface area (Å²) in [4.78, 5) is 12.7. The van der Waals surface area contributed by atoms with E-state index in [1.807, 2.05) is 25.1 Å². The first-order valence-electron chi connectivity index (χ1n) is 10.4. The molecule has 0 aliphatic rings. The van der Waals surface area contributed by atoms with Gasteiger partial charge < -0.3 is 15.2 Å². The van der Waals surface area contributed by atoms with Crippen molar-refractivity contribution in [1.29, 1.82) is 0 Å². The van der Waals surface area contributed by atoms with Crippen molar-refractivity contribution in [3.05, 3.63) is 59.9 Å². The van der Waals surface area contributed by atoms with Crippen LogP contribution in [0.25, 0.3) is 16.6 Å². The minimum atomic E-state index is -4.83. The molecule has 0 saturated heterocycles. The molecule has 2 N–H and O–H groups in total. The minimum Gasteiger partial charge on any atom is -0.488 e. The molecule has 0 amide bonds. The number of alkyl halides is 3. The fourth-order valence-corrected chi connectivity index (χ4v) is 3.32. The predicted molar refractivity (Wildman–Crippen MR) is 120 cm³/mol. The molecule has 0 aliphatic heterocycles. The van der Waals surface area contributed by atoms with Gasteiger partial charge in [0, 0.05) is 35.3 Å². The van der Waals surface area contributed by atoms with E-state index in [0.717, 1.165) is 11.2 Å². The van der Waals surface area contributed by atoms with Crippen LogP contribution in [0.5, 0.6) is 5.75 Å². The fourth-order valence-electron chi connectivity index (χ4n) is 3.32. The van der Waals surface area contributed by atoms with Crippen LogP contribution in [0.1, 0.15) is 24.1 Å². The highest BCUT2D eigenvalue weighted by Gasteiger charge is 2.50. The van der Waals surface area contributed by atoms with Crippen molar-refractivity contribution in [3.8, 4) is 16.9 Å². The zero-order chi connectivity index (χ0) is 24.7. The highest BCUT2D eigenvalue weighted by atomic mass is 19.4. The summed E-state index contributed by atoms with van der Waals surface area (Å²) in [6.45, 7) is 5.15. The predicted octanol–water partition coefficient (Wildman–Crippen LogP) is 4.55. The van der Waals surface area contributed by atoms with Gasteiger partial charge >= 0.3 is 6.18 Å². The smallest absolute Gasteiger partial charge is 0.420 e. The van der Waals surface area contributed by atoms with Gasteiger partial charge in [0.2, 0.25) is 0 Å². The first-order chi connectivity index (χ1) is 15.9. The van der Waals surface area contributed by atoms with Crippen LogP contribution in [0.3, 0.4) is 0 Å². The maximum Gasteiger partial charge on any atom is 0.420 e. The number of nitrogens with one attached hydrogen (secondary N) is 1. The average molecular weight is 472 g/mol. The number of hydrogen-bond acceptors (Lipinski definition) is 7. The van der Waals surface area contributed by atoms with Crippen molar-refractivity contribution < 1.29 is 23.0 Å². The zero-order valence-corrected chi connectivity index (χ0v) is 19.0. The first-order valence-corrected chi connectivity index (χ1v) is 10.4. The molecule has 1 atom stereocenters. The number of ether oxygens (including phenoxy) is 1. The molecule has 0 aliphatic carbocycles. The van der Waals surface area contributed by atoms with E-state index < -0.39 is 18.4 Å². The summed E-state index contributed by atoms with van der Waals surface area (Å²) in [6, 6.07) is 8.94. The van der Waals surface area contributed by atoms with Gasteiger partial charge in [-0.3, -0.25) is 4.98 Å². The molecule has 4 rings (SSSR count). The van der Waals surface area contributed by atoms with Crippen LogP contribution in [-0.4, -0.2) is 48.1 Å². The highest BCUT2D eigenvalue weighted by molar-refractivity contribution is 5.75. The maximum atomic E-state index is 13.0. The van der Waals surface area contributed by atoms with Crippen molar-refractivity contribution in [3.63, 3.8) is 0 Å². The molecular weight excluding hydrogens is 449 g/mol. The molecule has 4 aromatic rings. The highest BCUT2D eigenvalue weighted by Crippen LogP contribution is 2.34. The van der Waals surface area contributed by atoms with E-state index in [4.69, 9.17) is 4.74 Å². The lowest BCUT2D eigenvalue weighted by Gasteiger charge is -2.26. The Hall–Kier alpha value is -3.73. The van der Waals surface area contributed by atoms with Gasteiger partial charge in [-0.15, -0.1) is 0 Å². The number of aryl methyl sites for hydroxylation is 3. The van der Waals surface area contributed by atoms with Crippen molar-refractivity contribution in [2.75, 3.05) is 11.9 Å². The van der Waals surface area contributed by atoms with Gasteiger partial charge in [-0.1, -0.05) is 0 Å². The van der Waals surface area contributed by atoms with Gasteiger partial charge in [0.15, 0.2) is 11.4 Å². The van der Waals surface area contributed by atoms with Gasteiger partial charge in [0.25, 0.3) is 0 Å². The number of hydrogen-bond donors (Lipinski definition) is 2. The Labute approximate surface area is 193 Å². The number of pyridine rings is 2. The van der Waals surface area contributed by atoms with E-state index in [1.54, 1.807) is 36.7 Å². The van der Waals surface area contributed by atoms with E-state index in [0.29, 0.717) is 41.2 Å². The normalized spacial score (nSPS) is 13.6. The second-order valence-electron chi connectivity index (χ2n) is 8.26. The molecule has 4 heterocycles. The van der Waals surface area contributed by atoms with Crippen LogP contribution in [0, 0.1) is 20.8 Å². The lowest BCUT2D eigenvalue weighted by Crippen LogP contribution is -2.47. The second kappa shape index (κ2) is 8.56. The Kier molecular flexibility index (Phi) is 5.90. The summed E-state index contributed by atoms with van der Waals surface area (Å²) in [5, 5.41) is 17.4. The quantitative estimate of drug-likeness (QED) is 0.425. The number of anilines is 2. The first kappa shape index (κ1) is 23.4. The van der Waals surface area contributed by atoms with E-state index in [9.17, 15) is 18.3 Å². The molecule has 4 aromatic heterocycles. The number of aromatic nitrogens is 5. The molecule has 8 nitrogen and oxygen atoms in total. The van der Waals surface area contributed by atoms with Crippen LogP contribution in [-0.2, 0) is 0 Å².